The topological polar surface area (TPSA) is 46.9 Å². The number of aromatic nitrogens is 2. The highest BCUT2D eigenvalue weighted by atomic mass is 16.1. The fourth-order valence-electron chi connectivity index (χ4n) is 4.22. The van der Waals surface area contributed by atoms with Crippen LogP contribution in [0.1, 0.15) is 36.3 Å². The van der Waals surface area contributed by atoms with Gasteiger partial charge in [-0.3, -0.25) is 4.79 Å². The Bertz CT molecular complexity index is 1220. The Labute approximate surface area is 170 Å². The molecule has 0 bridgehead atoms. The zero-order valence-corrected chi connectivity index (χ0v) is 16.6. The molecule has 4 aromatic rings. The van der Waals surface area contributed by atoms with Crippen LogP contribution < -0.4 is 5.32 Å². The minimum absolute atomic E-state index is 0.0726. The maximum Gasteiger partial charge on any atom is 0.169 e. The lowest BCUT2D eigenvalue weighted by Gasteiger charge is -2.29. The first-order valence-corrected chi connectivity index (χ1v) is 9.97. The number of carbonyl (C=O) groups is 1. The lowest BCUT2D eigenvalue weighted by atomic mass is 9.76. The summed E-state index contributed by atoms with van der Waals surface area (Å²) < 4.78 is 1.93. The summed E-state index contributed by atoms with van der Waals surface area (Å²) in [5.74, 6) is 0.793. The number of hydrogen-bond acceptors (Lipinski definition) is 3. The van der Waals surface area contributed by atoms with Crippen LogP contribution in [0.4, 0.5) is 11.5 Å². The maximum atomic E-state index is 13.1. The van der Waals surface area contributed by atoms with Crippen molar-refractivity contribution in [3.63, 3.8) is 0 Å². The van der Waals surface area contributed by atoms with Crippen LogP contribution in [0.15, 0.2) is 72.8 Å². The van der Waals surface area contributed by atoms with E-state index in [9.17, 15) is 4.79 Å². The van der Waals surface area contributed by atoms with Gasteiger partial charge in [-0.1, -0.05) is 62.4 Å². The lowest BCUT2D eigenvalue weighted by Crippen LogP contribution is -2.28. The smallest absolute Gasteiger partial charge is 0.169 e. The van der Waals surface area contributed by atoms with E-state index >= 15 is 0 Å². The summed E-state index contributed by atoms with van der Waals surface area (Å²) in [6, 6.07) is 24.5. The fraction of sp³-hybridized carbons (Fsp3) is 0.200. The largest absolute Gasteiger partial charge is 0.338 e. The van der Waals surface area contributed by atoms with Crippen LogP contribution >= 0.6 is 0 Å². The molecule has 0 saturated carbocycles. The summed E-state index contributed by atoms with van der Waals surface area (Å²) in [5.41, 5.74) is 3.54. The SMILES string of the molecule is CC1(C)CC(=O)c2c(Nc3ccc4ccccc4c3)nn(-c3ccccc3)c2C1. The second-order valence-electron chi connectivity index (χ2n) is 8.55. The molecule has 0 fully saturated rings. The summed E-state index contributed by atoms with van der Waals surface area (Å²) in [6.45, 7) is 4.29. The number of fused-ring (bicyclic) bond motifs is 2. The number of rotatable bonds is 3. The van der Waals surface area contributed by atoms with Gasteiger partial charge in [0.25, 0.3) is 0 Å². The van der Waals surface area contributed by atoms with Gasteiger partial charge in [0.05, 0.1) is 16.9 Å². The van der Waals surface area contributed by atoms with Crippen LogP contribution in [0.2, 0.25) is 0 Å². The number of hydrogen-bond donors (Lipinski definition) is 1. The number of nitrogens with zero attached hydrogens (tertiary/aromatic N) is 2. The molecule has 29 heavy (non-hydrogen) atoms. The van der Waals surface area contributed by atoms with E-state index in [0.717, 1.165) is 34.4 Å². The van der Waals surface area contributed by atoms with Crippen molar-refractivity contribution in [2.75, 3.05) is 5.32 Å². The molecule has 0 amide bonds. The second-order valence-corrected chi connectivity index (χ2v) is 8.55. The Morgan fingerprint density at radius 1 is 0.897 bits per heavy atom. The Kier molecular flexibility index (Phi) is 4.02. The number of nitrogens with one attached hydrogen (secondary N) is 1. The quantitative estimate of drug-likeness (QED) is 0.479. The summed E-state index contributed by atoms with van der Waals surface area (Å²) >= 11 is 0. The number of benzene rings is 3. The van der Waals surface area contributed by atoms with E-state index < -0.39 is 0 Å². The van der Waals surface area contributed by atoms with Gasteiger partial charge in [-0.25, -0.2) is 4.68 Å². The third-order valence-electron chi connectivity index (χ3n) is 5.56. The van der Waals surface area contributed by atoms with Crippen molar-refractivity contribution in [1.82, 2.24) is 9.78 Å². The number of ketones is 1. The van der Waals surface area contributed by atoms with Gasteiger partial charge in [-0.15, -0.1) is 5.10 Å². The molecule has 144 valence electrons. The molecule has 0 radical (unpaired) electrons. The molecule has 5 rings (SSSR count). The van der Waals surface area contributed by atoms with Crippen LogP contribution in [-0.2, 0) is 6.42 Å². The zero-order valence-electron chi connectivity index (χ0n) is 16.6. The van der Waals surface area contributed by atoms with Gasteiger partial charge in [0.15, 0.2) is 11.6 Å². The van der Waals surface area contributed by atoms with Crippen molar-refractivity contribution in [2.45, 2.75) is 26.7 Å². The first kappa shape index (κ1) is 17.7. The second kappa shape index (κ2) is 6.59. The van der Waals surface area contributed by atoms with E-state index in [1.807, 2.05) is 53.2 Å². The summed E-state index contributed by atoms with van der Waals surface area (Å²) in [4.78, 5) is 13.1. The number of Topliss-reactive ketones (excluding diaryl/α,β-unsaturated/α-hetero) is 1. The molecule has 1 aliphatic rings. The van der Waals surface area contributed by atoms with Crippen LogP contribution in [0.3, 0.4) is 0 Å². The highest BCUT2D eigenvalue weighted by Gasteiger charge is 2.36. The third kappa shape index (κ3) is 3.21. The molecule has 0 saturated heterocycles. The predicted octanol–water partition coefficient (Wildman–Crippen LogP) is 5.92. The minimum atomic E-state index is -0.0726. The molecule has 0 atom stereocenters. The van der Waals surface area contributed by atoms with Crippen molar-refractivity contribution in [2.24, 2.45) is 5.41 Å². The summed E-state index contributed by atoms with van der Waals surface area (Å²) in [5, 5.41) is 10.6. The van der Waals surface area contributed by atoms with Crippen molar-refractivity contribution in [1.29, 1.82) is 0 Å². The summed E-state index contributed by atoms with van der Waals surface area (Å²) in [6.07, 6.45) is 1.35. The molecule has 4 heteroatoms. The molecule has 1 aliphatic carbocycles. The molecule has 3 aromatic carbocycles. The van der Waals surface area contributed by atoms with Crippen LogP contribution in [0, 0.1) is 5.41 Å². The highest BCUT2D eigenvalue weighted by Crippen LogP contribution is 2.39. The molecule has 1 aromatic heterocycles. The Hall–Kier alpha value is -3.40. The van der Waals surface area contributed by atoms with E-state index in [1.165, 1.54) is 5.39 Å². The number of anilines is 2. The van der Waals surface area contributed by atoms with Crippen LogP contribution in [0.5, 0.6) is 0 Å². The number of para-hydroxylation sites is 1. The van der Waals surface area contributed by atoms with Gasteiger partial charge in [0.1, 0.15) is 0 Å². The van der Waals surface area contributed by atoms with Gasteiger partial charge in [-0.2, -0.15) is 0 Å². The monoisotopic (exact) mass is 381 g/mol. The van der Waals surface area contributed by atoms with E-state index in [1.54, 1.807) is 0 Å². The van der Waals surface area contributed by atoms with Gasteiger partial charge < -0.3 is 5.32 Å². The summed E-state index contributed by atoms with van der Waals surface area (Å²) in [7, 11) is 0. The van der Waals surface area contributed by atoms with Crippen molar-refractivity contribution < 1.29 is 4.79 Å². The van der Waals surface area contributed by atoms with E-state index in [-0.39, 0.29) is 11.2 Å². The molecule has 0 aliphatic heterocycles. The fourth-order valence-corrected chi connectivity index (χ4v) is 4.22. The van der Waals surface area contributed by atoms with Gasteiger partial charge >= 0.3 is 0 Å². The average Bonchev–Trinajstić information content (AvgIpc) is 3.05. The zero-order chi connectivity index (χ0) is 20.0. The standard InChI is InChI=1S/C25H23N3O/c1-25(2)15-21-23(22(29)16-25)24(27-28(21)20-10-4-3-5-11-20)26-19-13-12-17-8-6-7-9-18(17)14-19/h3-14H,15-16H2,1-2H3,(H,26,27). The van der Waals surface area contributed by atoms with Crippen LogP contribution in [0.25, 0.3) is 16.5 Å². The molecule has 4 nitrogen and oxygen atoms in total. The first-order chi connectivity index (χ1) is 14.0. The minimum Gasteiger partial charge on any atom is -0.338 e. The highest BCUT2D eigenvalue weighted by molar-refractivity contribution is 6.04. The molecular formula is C25H23N3O. The Morgan fingerprint density at radius 2 is 1.62 bits per heavy atom. The molecular weight excluding hydrogens is 358 g/mol. The predicted molar refractivity (Wildman–Crippen MR) is 117 cm³/mol. The molecule has 1 N–H and O–H groups in total. The third-order valence-corrected chi connectivity index (χ3v) is 5.56. The molecule has 1 heterocycles. The van der Waals surface area contributed by atoms with Crippen molar-refractivity contribution in [3.8, 4) is 5.69 Å². The molecule has 0 unspecified atom stereocenters. The van der Waals surface area contributed by atoms with Gasteiger partial charge in [0, 0.05) is 12.1 Å². The van der Waals surface area contributed by atoms with Crippen LogP contribution in [-0.4, -0.2) is 15.6 Å². The Balaban J connectivity index is 1.63. The molecule has 0 spiro atoms. The first-order valence-electron chi connectivity index (χ1n) is 9.97. The van der Waals surface area contributed by atoms with Gasteiger partial charge in [-0.05, 0) is 46.9 Å². The lowest BCUT2D eigenvalue weighted by molar-refractivity contribution is 0.0912. The van der Waals surface area contributed by atoms with Crippen molar-refractivity contribution >= 4 is 28.1 Å². The Morgan fingerprint density at radius 3 is 2.41 bits per heavy atom. The average molecular weight is 381 g/mol. The van der Waals surface area contributed by atoms with E-state index in [4.69, 9.17) is 5.10 Å². The number of carbonyl (C=O) groups excluding carboxylic acids is 1. The normalized spacial score (nSPS) is 15.3. The van der Waals surface area contributed by atoms with Crippen molar-refractivity contribution in [3.05, 3.63) is 84.1 Å². The van der Waals surface area contributed by atoms with Gasteiger partial charge in [0.2, 0.25) is 0 Å². The maximum absolute atomic E-state index is 13.1. The van der Waals surface area contributed by atoms with E-state index in [2.05, 4.69) is 43.4 Å². The van der Waals surface area contributed by atoms with E-state index in [0.29, 0.717) is 12.2 Å².